The molecule has 0 fully saturated rings. The van der Waals surface area contributed by atoms with Crippen LogP contribution in [0.15, 0.2) is 0 Å². The molecule has 8 heavy (non-hydrogen) atoms. The van der Waals surface area contributed by atoms with Gasteiger partial charge in [0.05, 0.1) is 0 Å². The zero-order valence-electron chi connectivity index (χ0n) is 5.12. The van der Waals surface area contributed by atoms with Crippen LogP contribution in [0.25, 0.3) is 0 Å². The number of carboxylic acid groups (broad SMARTS) is 2. The van der Waals surface area contributed by atoms with Crippen LogP contribution in [0, 0.1) is 0 Å². The van der Waals surface area contributed by atoms with Crippen LogP contribution in [-0.2, 0) is 25.7 Å². The fourth-order valence-electron chi connectivity index (χ4n) is 0. The molecule has 2 N–H and O–H groups in total. The van der Waals surface area contributed by atoms with Gasteiger partial charge in [0.2, 0.25) is 0 Å². The topological polar surface area (TPSA) is 91.7 Å². The third-order valence-electron chi connectivity index (χ3n) is 0. The second kappa shape index (κ2) is 15.7. The van der Waals surface area contributed by atoms with Gasteiger partial charge in [0.1, 0.15) is 0 Å². The molecule has 42 valence electrons. The normalized spacial score (nSPS) is 4.00. The van der Waals surface area contributed by atoms with Crippen LogP contribution < -0.4 is 18.9 Å². The minimum absolute atomic E-state index is 0. The summed E-state index contributed by atoms with van der Waals surface area (Å²) in [5, 5.41) is 13.9. The number of carbonyl (C=O) groups is 1. The zero-order valence-corrected chi connectivity index (χ0v) is 5.68. The van der Waals surface area contributed by atoms with Gasteiger partial charge in [-0.25, -0.2) is 4.79 Å². The zero-order chi connectivity index (χ0) is 6.28. The average molecular weight is 150 g/mol. The molecule has 5 nitrogen and oxygen atoms in total. The van der Waals surface area contributed by atoms with Crippen molar-refractivity contribution < 1.29 is 61.0 Å². The molecule has 0 bridgehead atoms. The van der Waals surface area contributed by atoms with Gasteiger partial charge in [-0.3, -0.25) is 0 Å². The van der Waals surface area contributed by atoms with Crippen molar-refractivity contribution in [3.05, 3.63) is 0 Å². The van der Waals surface area contributed by atoms with Crippen LogP contribution >= 0.6 is 0 Å². The van der Waals surface area contributed by atoms with Gasteiger partial charge in [-0.1, -0.05) is 0 Å². The third kappa shape index (κ3) is 5030. The van der Waals surface area contributed by atoms with Crippen molar-refractivity contribution in [2.24, 2.45) is 0 Å². The van der Waals surface area contributed by atoms with E-state index in [9.17, 15) is 0 Å². The predicted molar refractivity (Wildman–Crippen MR) is 13.1 cm³/mol. The Morgan fingerprint density at radius 3 is 1.38 bits per heavy atom. The second-order valence-electron chi connectivity index (χ2n) is 0.366. The predicted octanol–water partition coefficient (Wildman–Crippen LogP) is -2.90. The van der Waals surface area contributed by atoms with Gasteiger partial charge in [-0.05, 0) is 0 Å². The molecule has 0 atom stereocenters. The summed E-state index contributed by atoms with van der Waals surface area (Å²) in [6.45, 7) is 0. The summed E-state index contributed by atoms with van der Waals surface area (Å²) < 4.78 is 17.0. The molecule has 0 amide bonds. The molecule has 0 rings (SSSR count). The van der Waals surface area contributed by atoms with E-state index >= 15 is 0 Å². The first-order chi connectivity index (χ1) is 3.15. The van der Waals surface area contributed by atoms with Gasteiger partial charge in [-0.15, -0.1) is 0 Å². The van der Waals surface area contributed by atoms with E-state index in [2.05, 4.69) is 0 Å². The van der Waals surface area contributed by atoms with E-state index in [0.29, 0.717) is 0 Å². The molecule has 0 aromatic heterocycles. The molecule has 0 unspecified atom stereocenters. The molecule has 0 aliphatic rings. The van der Waals surface area contributed by atoms with Gasteiger partial charge in [0.25, 0.3) is 0 Å². The van der Waals surface area contributed by atoms with Crippen molar-refractivity contribution in [1.29, 1.82) is 0 Å². The van der Waals surface area contributed by atoms with E-state index in [0.717, 1.165) is 0 Å². The Bertz CT molecular complexity index is 85.0. The molecule has 0 heterocycles. The van der Waals surface area contributed by atoms with Gasteiger partial charge < -0.3 is 11.6 Å². The van der Waals surface area contributed by atoms with Crippen LogP contribution in [0.3, 0.4) is 0 Å². The summed E-state index contributed by atoms with van der Waals surface area (Å²) in [5.41, 5.74) is 0. The van der Waals surface area contributed by atoms with Crippen LogP contribution in [0.2, 0.25) is 0 Å². The molecule has 0 radical (unpaired) electrons. The molecular weight excluding hydrogens is 147 g/mol. The Labute approximate surface area is 67.3 Å². The monoisotopic (exact) mass is 150 g/mol. The molecule has 0 aromatic rings. The van der Waals surface area contributed by atoms with Crippen LogP contribution in [0.1, 0.15) is 1.43 Å². The van der Waals surface area contributed by atoms with Crippen molar-refractivity contribution in [2.45, 2.75) is 0 Å². The SMILES string of the molecule is O=C(O)O.[H-].[Li+].[O]=[Ti]=[O]. The summed E-state index contributed by atoms with van der Waals surface area (Å²) in [5.74, 6) is 0. The number of hydrogen-bond donors (Lipinski definition) is 2. The molecule has 7 heteroatoms. The summed E-state index contributed by atoms with van der Waals surface area (Å²) in [6, 6.07) is 0. The molecule has 0 aliphatic heterocycles. The fraction of sp³-hybridized carbons (Fsp3) is 0. The van der Waals surface area contributed by atoms with E-state index in [1.807, 2.05) is 0 Å². The Hall–Kier alpha value is 0.182. The van der Waals surface area contributed by atoms with Crippen LogP contribution in [0.5, 0.6) is 0 Å². The van der Waals surface area contributed by atoms with E-state index < -0.39 is 25.2 Å². The van der Waals surface area contributed by atoms with Gasteiger partial charge in [-0.2, -0.15) is 0 Å². The third-order valence-corrected chi connectivity index (χ3v) is 0. The van der Waals surface area contributed by atoms with Crippen molar-refractivity contribution >= 4 is 6.16 Å². The summed E-state index contributed by atoms with van der Waals surface area (Å²) >= 11 is -2.00. The van der Waals surface area contributed by atoms with Crippen LogP contribution in [0.4, 0.5) is 4.79 Å². The van der Waals surface area contributed by atoms with Gasteiger partial charge in [0, 0.05) is 0 Å². The molecule has 0 saturated heterocycles. The maximum atomic E-state index is 8.56. The number of rotatable bonds is 0. The Kier molecular flexibility index (Phi) is 30.8. The number of hydrogen-bond acceptors (Lipinski definition) is 3. The van der Waals surface area contributed by atoms with E-state index in [1.54, 1.807) is 0 Å². The summed E-state index contributed by atoms with van der Waals surface area (Å²) in [4.78, 5) is 8.56. The Morgan fingerprint density at radius 2 is 1.38 bits per heavy atom. The molecule has 0 aromatic carbocycles. The van der Waals surface area contributed by atoms with Crippen molar-refractivity contribution in [1.82, 2.24) is 0 Å². The Morgan fingerprint density at radius 1 is 1.38 bits per heavy atom. The quantitative estimate of drug-likeness (QED) is 0.361. The van der Waals surface area contributed by atoms with E-state index in [-0.39, 0.29) is 20.3 Å². The standard InChI is InChI=1S/CH2O3.Li.2O.Ti.H/c2-1(3)4;;;;;/h(H2,2,3,4);;;;;/q;+1;;;;-1. The Balaban J connectivity index is -0.0000000233. The molecule has 0 spiro atoms. The second-order valence-corrected chi connectivity index (χ2v) is 0.626. The van der Waals surface area contributed by atoms with E-state index in [1.165, 1.54) is 0 Å². The molecule has 0 aliphatic carbocycles. The minimum atomic E-state index is -2.00. The maximum absolute atomic E-state index is 8.56. The molecular formula is CH3LiO5Ti. The fourth-order valence-corrected chi connectivity index (χ4v) is 0. The van der Waals surface area contributed by atoms with Crippen molar-refractivity contribution in [2.75, 3.05) is 0 Å². The van der Waals surface area contributed by atoms with Gasteiger partial charge >= 0.3 is 50.8 Å². The average Bonchev–Trinajstić information content (AvgIpc) is 1.33. The van der Waals surface area contributed by atoms with Crippen molar-refractivity contribution in [3.63, 3.8) is 0 Å². The first-order valence-electron chi connectivity index (χ1n) is 1.06. The first kappa shape index (κ1) is 15.7. The van der Waals surface area contributed by atoms with Crippen molar-refractivity contribution in [3.8, 4) is 0 Å². The van der Waals surface area contributed by atoms with Gasteiger partial charge in [0.15, 0.2) is 0 Å². The van der Waals surface area contributed by atoms with E-state index in [4.69, 9.17) is 21.7 Å². The summed E-state index contributed by atoms with van der Waals surface area (Å²) in [7, 11) is 0. The molecule has 0 saturated carbocycles. The summed E-state index contributed by atoms with van der Waals surface area (Å²) in [6.07, 6.45) is -1.83. The first-order valence-corrected chi connectivity index (χ1v) is 2.33. The van der Waals surface area contributed by atoms with Crippen LogP contribution in [-0.4, -0.2) is 16.4 Å².